The molecule has 0 radical (unpaired) electrons. The van der Waals surface area contributed by atoms with Gasteiger partial charge in [-0.25, -0.2) is 0 Å². The summed E-state index contributed by atoms with van der Waals surface area (Å²) in [7, 11) is 0. The van der Waals surface area contributed by atoms with Crippen molar-refractivity contribution in [2.45, 2.75) is 31.7 Å². The van der Waals surface area contributed by atoms with Crippen LogP contribution in [-0.2, 0) is 9.59 Å². The molecule has 2 saturated heterocycles. The van der Waals surface area contributed by atoms with Gasteiger partial charge >= 0.3 is 0 Å². The van der Waals surface area contributed by atoms with Crippen LogP contribution < -0.4 is 5.73 Å². The van der Waals surface area contributed by atoms with E-state index in [2.05, 4.69) is 4.90 Å². The number of likely N-dealkylation sites (tertiary alicyclic amines) is 2. The minimum absolute atomic E-state index is 0. The fourth-order valence-corrected chi connectivity index (χ4v) is 2.41. The predicted molar refractivity (Wildman–Crippen MR) is 66.9 cm³/mol. The van der Waals surface area contributed by atoms with Gasteiger partial charge in [-0.3, -0.25) is 14.5 Å². The monoisotopic (exact) mass is 261 g/mol. The molecule has 17 heavy (non-hydrogen) atoms. The maximum absolute atomic E-state index is 11.4. The zero-order valence-corrected chi connectivity index (χ0v) is 10.7. The molecule has 5 nitrogen and oxygen atoms in total. The van der Waals surface area contributed by atoms with E-state index < -0.39 is 0 Å². The SMILES string of the molecule is Cl.N[C@@H]1CCCN(CCN2C(=O)CCC2=O)C1. The smallest absolute Gasteiger partial charge is 0.229 e. The number of halogens is 1. The fourth-order valence-electron chi connectivity index (χ4n) is 2.41. The minimum Gasteiger partial charge on any atom is -0.327 e. The second kappa shape index (κ2) is 6.33. The van der Waals surface area contributed by atoms with E-state index in [9.17, 15) is 9.59 Å². The third-order valence-electron chi connectivity index (χ3n) is 3.34. The quantitative estimate of drug-likeness (QED) is 0.725. The van der Waals surface area contributed by atoms with Crippen LogP contribution in [0.4, 0.5) is 0 Å². The summed E-state index contributed by atoms with van der Waals surface area (Å²) in [5, 5.41) is 0. The lowest BCUT2D eigenvalue weighted by molar-refractivity contribution is -0.138. The van der Waals surface area contributed by atoms with E-state index in [0.29, 0.717) is 19.4 Å². The Morgan fingerprint density at radius 1 is 1.18 bits per heavy atom. The molecule has 2 aliphatic rings. The van der Waals surface area contributed by atoms with E-state index in [1.165, 1.54) is 4.90 Å². The molecule has 1 atom stereocenters. The maximum Gasteiger partial charge on any atom is 0.229 e. The van der Waals surface area contributed by atoms with Gasteiger partial charge in [-0.05, 0) is 19.4 Å². The van der Waals surface area contributed by atoms with Gasteiger partial charge in [0.1, 0.15) is 0 Å². The maximum atomic E-state index is 11.4. The van der Waals surface area contributed by atoms with Crippen molar-refractivity contribution in [1.82, 2.24) is 9.80 Å². The van der Waals surface area contributed by atoms with Gasteiger partial charge in [0.25, 0.3) is 0 Å². The molecular formula is C11H20ClN3O2. The molecule has 2 N–H and O–H groups in total. The van der Waals surface area contributed by atoms with Crippen LogP contribution in [-0.4, -0.2) is 53.8 Å². The van der Waals surface area contributed by atoms with Gasteiger partial charge in [-0.15, -0.1) is 12.4 Å². The third kappa shape index (κ3) is 3.66. The Morgan fingerprint density at radius 2 is 1.82 bits per heavy atom. The first-order valence-electron chi connectivity index (χ1n) is 5.98. The van der Waals surface area contributed by atoms with E-state index in [4.69, 9.17) is 5.73 Å². The number of amides is 2. The summed E-state index contributed by atoms with van der Waals surface area (Å²) in [5.74, 6) is -0.0439. The number of piperidine rings is 1. The molecule has 2 rings (SSSR count). The van der Waals surface area contributed by atoms with Crippen molar-refractivity contribution < 1.29 is 9.59 Å². The Kier molecular flexibility index (Phi) is 5.36. The zero-order valence-electron chi connectivity index (χ0n) is 9.93. The number of hydrogen-bond acceptors (Lipinski definition) is 4. The molecule has 0 aromatic rings. The lowest BCUT2D eigenvalue weighted by Crippen LogP contribution is -2.46. The summed E-state index contributed by atoms with van der Waals surface area (Å²) < 4.78 is 0. The van der Waals surface area contributed by atoms with Crippen molar-refractivity contribution in [3.8, 4) is 0 Å². The molecule has 2 amide bonds. The van der Waals surface area contributed by atoms with Crippen LogP contribution in [0.5, 0.6) is 0 Å². The number of carbonyl (C=O) groups excluding carboxylic acids is 2. The zero-order chi connectivity index (χ0) is 11.5. The van der Waals surface area contributed by atoms with E-state index in [1.807, 2.05) is 0 Å². The van der Waals surface area contributed by atoms with Crippen molar-refractivity contribution in [1.29, 1.82) is 0 Å². The lowest BCUT2D eigenvalue weighted by atomic mass is 10.1. The molecule has 2 fully saturated rings. The number of rotatable bonds is 3. The van der Waals surface area contributed by atoms with Gasteiger partial charge in [0.05, 0.1) is 0 Å². The van der Waals surface area contributed by atoms with E-state index in [1.54, 1.807) is 0 Å². The number of carbonyl (C=O) groups is 2. The van der Waals surface area contributed by atoms with Gasteiger partial charge in [-0.2, -0.15) is 0 Å². The largest absolute Gasteiger partial charge is 0.327 e. The Balaban J connectivity index is 0.00000144. The highest BCUT2D eigenvalue weighted by Crippen LogP contribution is 2.12. The average Bonchev–Trinajstić information content (AvgIpc) is 2.56. The summed E-state index contributed by atoms with van der Waals surface area (Å²) in [6.07, 6.45) is 2.97. The predicted octanol–water partition coefficient (Wildman–Crippen LogP) is -0.0197. The van der Waals surface area contributed by atoms with Gasteiger partial charge in [0.15, 0.2) is 0 Å². The average molecular weight is 262 g/mol. The fraction of sp³-hybridized carbons (Fsp3) is 0.818. The van der Waals surface area contributed by atoms with Crippen LogP contribution in [0.25, 0.3) is 0 Å². The van der Waals surface area contributed by atoms with Crippen LogP contribution >= 0.6 is 12.4 Å². The first kappa shape index (κ1) is 14.4. The van der Waals surface area contributed by atoms with Crippen LogP contribution in [0.15, 0.2) is 0 Å². The molecule has 0 bridgehead atoms. The molecule has 0 unspecified atom stereocenters. The Bertz CT molecular complexity index is 282. The van der Waals surface area contributed by atoms with Crippen molar-refractivity contribution in [3.05, 3.63) is 0 Å². The van der Waals surface area contributed by atoms with Crippen molar-refractivity contribution in [3.63, 3.8) is 0 Å². The molecule has 98 valence electrons. The Morgan fingerprint density at radius 3 is 2.41 bits per heavy atom. The molecule has 0 saturated carbocycles. The highest BCUT2D eigenvalue weighted by atomic mass is 35.5. The second-order valence-electron chi connectivity index (χ2n) is 4.64. The Hall–Kier alpha value is -0.650. The highest BCUT2D eigenvalue weighted by molar-refractivity contribution is 6.01. The van der Waals surface area contributed by atoms with Crippen molar-refractivity contribution >= 4 is 24.2 Å². The molecule has 2 heterocycles. The number of imide groups is 1. The van der Waals surface area contributed by atoms with E-state index >= 15 is 0 Å². The highest BCUT2D eigenvalue weighted by Gasteiger charge is 2.29. The van der Waals surface area contributed by atoms with Crippen molar-refractivity contribution in [2.24, 2.45) is 5.73 Å². The van der Waals surface area contributed by atoms with Crippen molar-refractivity contribution in [2.75, 3.05) is 26.2 Å². The third-order valence-corrected chi connectivity index (χ3v) is 3.34. The molecule has 0 aromatic carbocycles. The topological polar surface area (TPSA) is 66.6 Å². The van der Waals surface area contributed by atoms with Gasteiger partial charge in [0.2, 0.25) is 11.8 Å². The summed E-state index contributed by atoms with van der Waals surface area (Å²) in [6, 6.07) is 0.249. The van der Waals surface area contributed by atoms with Gasteiger partial charge < -0.3 is 10.6 Å². The minimum atomic E-state index is -0.0219. The summed E-state index contributed by atoms with van der Waals surface area (Å²) in [5.41, 5.74) is 5.87. The van der Waals surface area contributed by atoms with E-state index in [0.717, 1.165) is 32.5 Å². The molecule has 6 heteroatoms. The van der Waals surface area contributed by atoms with Gasteiger partial charge in [0, 0.05) is 38.5 Å². The molecule has 0 aliphatic carbocycles. The summed E-state index contributed by atoms with van der Waals surface area (Å²) in [6.45, 7) is 3.22. The van der Waals surface area contributed by atoms with Crippen LogP contribution in [0.1, 0.15) is 25.7 Å². The first-order chi connectivity index (χ1) is 7.66. The molecule has 2 aliphatic heterocycles. The van der Waals surface area contributed by atoms with Crippen LogP contribution in [0, 0.1) is 0 Å². The summed E-state index contributed by atoms with van der Waals surface area (Å²) >= 11 is 0. The number of nitrogens with two attached hydrogens (primary N) is 1. The van der Waals surface area contributed by atoms with Crippen LogP contribution in [0.3, 0.4) is 0 Å². The summed E-state index contributed by atoms with van der Waals surface area (Å²) in [4.78, 5) is 26.4. The first-order valence-corrected chi connectivity index (χ1v) is 5.98. The van der Waals surface area contributed by atoms with Gasteiger partial charge in [-0.1, -0.05) is 0 Å². The van der Waals surface area contributed by atoms with Crippen LogP contribution in [0.2, 0.25) is 0 Å². The van der Waals surface area contributed by atoms with E-state index in [-0.39, 0.29) is 30.3 Å². The second-order valence-corrected chi connectivity index (χ2v) is 4.64. The molecule has 0 aromatic heterocycles. The Labute approximate surface area is 108 Å². The number of hydrogen-bond donors (Lipinski definition) is 1. The molecule has 0 spiro atoms. The normalized spacial score (nSPS) is 26.2. The lowest BCUT2D eigenvalue weighted by Gasteiger charge is -2.31. The molecular weight excluding hydrogens is 242 g/mol. The standard InChI is InChI=1S/C11H19N3O2.ClH/c12-9-2-1-5-13(8-9)6-7-14-10(15)3-4-11(14)16;/h9H,1-8,12H2;1H/t9-;/m1./s1. The number of nitrogens with zero attached hydrogens (tertiary/aromatic N) is 2.